The summed E-state index contributed by atoms with van der Waals surface area (Å²) in [5.41, 5.74) is 2.55. The summed E-state index contributed by atoms with van der Waals surface area (Å²) in [4.78, 5) is 4.57. The number of methoxy groups -OCH3 is 2. The highest BCUT2D eigenvalue weighted by Crippen LogP contribution is 2.30. The van der Waals surface area contributed by atoms with Crippen molar-refractivity contribution < 1.29 is 13.9 Å². The van der Waals surface area contributed by atoms with Crippen LogP contribution in [0.5, 0.6) is 11.5 Å². The molecule has 0 amide bonds. The highest BCUT2D eigenvalue weighted by molar-refractivity contribution is 14.0. The van der Waals surface area contributed by atoms with E-state index in [9.17, 15) is 4.39 Å². The number of guanidine groups is 1. The van der Waals surface area contributed by atoms with E-state index in [2.05, 4.69) is 15.6 Å². The quantitative estimate of drug-likeness (QED) is 0.352. The molecule has 0 saturated heterocycles. The van der Waals surface area contributed by atoms with Crippen molar-refractivity contribution >= 4 is 29.9 Å². The second-order valence-electron chi connectivity index (χ2n) is 5.78. The van der Waals surface area contributed by atoms with E-state index in [-0.39, 0.29) is 29.8 Å². The van der Waals surface area contributed by atoms with Crippen molar-refractivity contribution in [1.82, 2.24) is 10.6 Å². The van der Waals surface area contributed by atoms with Gasteiger partial charge in [-0.15, -0.1) is 24.0 Å². The van der Waals surface area contributed by atoms with E-state index in [1.165, 1.54) is 6.07 Å². The number of rotatable bonds is 7. The summed E-state index contributed by atoms with van der Waals surface area (Å²) in [5.74, 6) is 1.87. The lowest BCUT2D eigenvalue weighted by atomic mass is 10.1. The molecular formula is C20H27FIN3O2. The fourth-order valence-electron chi connectivity index (χ4n) is 2.59. The molecule has 7 heteroatoms. The van der Waals surface area contributed by atoms with Crippen LogP contribution < -0.4 is 20.1 Å². The fourth-order valence-corrected chi connectivity index (χ4v) is 2.59. The zero-order chi connectivity index (χ0) is 18.9. The average Bonchev–Trinajstić information content (AvgIpc) is 2.66. The highest BCUT2D eigenvalue weighted by atomic mass is 127. The molecule has 0 spiro atoms. The predicted molar refractivity (Wildman–Crippen MR) is 118 cm³/mol. The summed E-state index contributed by atoms with van der Waals surface area (Å²) in [7, 11) is 3.24. The number of nitrogens with zero attached hydrogens (tertiary/aromatic N) is 1. The molecule has 2 rings (SSSR count). The molecule has 0 atom stereocenters. The van der Waals surface area contributed by atoms with E-state index in [1.54, 1.807) is 27.2 Å². The van der Waals surface area contributed by atoms with Gasteiger partial charge in [0.1, 0.15) is 5.82 Å². The monoisotopic (exact) mass is 487 g/mol. The van der Waals surface area contributed by atoms with Gasteiger partial charge in [-0.1, -0.05) is 24.3 Å². The van der Waals surface area contributed by atoms with E-state index in [4.69, 9.17) is 9.47 Å². The molecule has 0 radical (unpaired) electrons. The lowest BCUT2D eigenvalue weighted by Gasteiger charge is -2.15. The molecule has 2 aromatic rings. The minimum absolute atomic E-state index is 0. The summed E-state index contributed by atoms with van der Waals surface area (Å²) in [6.45, 7) is 5.50. The Kier molecular flexibility index (Phi) is 9.92. The molecule has 0 aliphatic carbocycles. The normalized spacial score (nSPS) is 10.8. The Morgan fingerprint density at radius 1 is 1.11 bits per heavy atom. The van der Waals surface area contributed by atoms with Gasteiger partial charge in [0, 0.05) is 18.7 Å². The maximum absolute atomic E-state index is 13.4. The molecule has 0 aromatic heterocycles. The van der Waals surface area contributed by atoms with E-state index in [1.807, 2.05) is 31.2 Å². The van der Waals surface area contributed by atoms with Gasteiger partial charge >= 0.3 is 0 Å². The van der Waals surface area contributed by atoms with Crippen molar-refractivity contribution in [2.45, 2.75) is 26.9 Å². The third-order valence-electron chi connectivity index (χ3n) is 3.92. The number of para-hydroxylation sites is 1. The summed E-state index contributed by atoms with van der Waals surface area (Å²) in [5, 5.41) is 6.50. The summed E-state index contributed by atoms with van der Waals surface area (Å²) < 4.78 is 24.2. The molecule has 0 bridgehead atoms. The Morgan fingerprint density at radius 3 is 2.52 bits per heavy atom. The maximum atomic E-state index is 13.4. The Labute approximate surface area is 177 Å². The average molecular weight is 487 g/mol. The minimum Gasteiger partial charge on any atom is -0.493 e. The van der Waals surface area contributed by atoms with Gasteiger partial charge in [-0.25, -0.2) is 9.38 Å². The summed E-state index contributed by atoms with van der Waals surface area (Å²) in [6.07, 6.45) is 0. The van der Waals surface area contributed by atoms with Crippen molar-refractivity contribution in [3.8, 4) is 11.5 Å². The van der Waals surface area contributed by atoms with Crippen LogP contribution in [0.25, 0.3) is 0 Å². The van der Waals surface area contributed by atoms with Crippen molar-refractivity contribution in [2.24, 2.45) is 4.99 Å². The number of aliphatic imine (C=N–C) groups is 1. The Hall–Kier alpha value is -2.03. The molecule has 0 unspecified atom stereocenters. The molecule has 0 fully saturated rings. The largest absolute Gasteiger partial charge is 0.493 e. The van der Waals surface area contributed by atoms with Gasteiger partial charge in [-0.3, -0.25) is 0 Å². The number of nitrogens with one attached hydrogen (secondary N) is 2. The molecule has 2 N–H and O–H groups in total. The minimum atomic E-state index is -0.201. The van der Waals surface area contributed by atoms with Crippen molar-refractivity contribution in [2.75, 3.05) is 20.8 Å². The maximum Gasteiger partial charge on any atom is 0.191 e. The van der Waals surface area contributed by atoms with E-state index in [0.717, 1.165) is 17.7 Å². The molecule has 0 heterocycles. The van der Waals surface area contributed by atoms with Gasteiger partial charge in [0.15, 0.2) is 17.5 Å². The molecule has 2 aromatic carbocycles. The van der Waals surface area contributed by atoms with Crippen LogP contribution in [-0.2, 0) is 13.1 Å². The van der Waals surface area contributed by atoms with Crippen LogP contribution in [0.4, 0.5) is 4.39 Å². The zero-order valence-electron chi connectivity index (χ0n) is 16.1. The van der Waals surface area contributed by atoms with Crippen molar-refractivity contribution in [3.05, 3.63) is 58.9 Å². The standard InChI is InChI=1S/C20H26FN3O2.HI/c1-5-22-20(23-12-15-9-10-17(21)14(2)11-15)24-13-16-7-6-8-18(25-3)19(16)26-4;/h6-11H,5,12-13H2,1-4H3,(H2,22,23,24);1H. The van der Waals surface area contributed by atoms with Gasteiger partial charge in [-0.2, -0.15) is 0 Å². The molecule has 0 aliphatic rings. The van der Waals surface area contributed by atoms with E-state index in [0.29, 0.717) is 36.1 Å². The molecule has 5 nitrogen and oxygen atoms in total. The van der Waals surface area contributed by atoms with Gasteiger partial charge in [0.2, 0.25) is 0 Å². The first kappa shape index (κ1) is 23.0. The van der Waals surface area contributed by atoms with Gasteiger partial charge < -0.3 is 20.1 Å². The molecule has 27 heavy (non-hydrogen) atoms. The first-order valence-corrected chi connectivity index (χ1v) is 8.56. The van der Waals surface area contributed by atoms with E-state index >= 15 is 0 Å². The van der Waals surface area contributed by atoms with Gasteiger partial charge in [0.05, 0.1) is 20.8 Å². The van der Waals surface area contributed by atoms with Gasteiger partial charge in [0.25, 0.3) is 0 Å². The first-order chi connectivity index (χ1) is 12.6. The molecular weight excluding hydrogens is 460 g/mol. The van der Waals surface area contributed by atoms with Crippen molar-refractivity contribution in [3.63, 3.8) is 0 Å². The summed E-state index contributed by atoms with van der Waals surface area (Å²) >= 11 is 0. The number of ether oxygens (including phenoxy) is 2. The van der Waals surface area contributed by atoms with Gasteiger partial charge in [-0.05, 0) is 37.1 Å². The Bertz CT molecular complexity index is 769. The number of aryl methyl sites for hydroxylation is 1. The number of hydrogen-bond donors (Lipinski definition) is 2. The highest BCUT2D eigenvalue weighted by Gasteiger charge is 2.10. The number of halogens is 2. The second kappa shape index (κ2) is 11.6. The predicted octanol–water partition coefficient (Wildman–Crippen LogP) is 4.02. The summed E-state index contributed by atoms with van der Waals surface area (Å²) in [6, 6.07) is 10.8. The van der Waals surface area contributed by atoms with Crippen molar-refractivity contribution in [1.29, 1.82) is 0 Å². The number of hydrogen-bond acceptors (Lipinski definition) is 3. The molecule has 0 saturated carbocycles. The zero-order valence-corrected chi connectivity index (χ0v) is 18.5. The van der Waals surface area contributed by atoms with Crippen LogP contribution in [0.3, 0.4) is 0 Å². The lowest BCUT2D eigenvalue weighted by Crippen LogP contribution is -2.36. The van der Waals surface area contributed by atoms with Crippen LogP contribution in [0.15, 0.2) is 41.4 Å². The third-order valence-corrected chi connectivity index (χ3v) is 3.92. The van der Waals surface area contributed by atoms with Crippen LogP contribution >= 0.6 is 24.0 Å². The SMILES string of the molecule is CCNC(=NCc1ccc(F)c(C)c1)NCc1cccc(OC)c1OC.I. The molecule has 148 valence electrons. The van der Waals surface area contributed by atoms with Crippen LogP contribution in [0.2, 0.25) is 0 Å². The Balaban J connectivity index is 0.00000364. The second-order valence-corrected chi connectivity index (χ2v) is 5.78. The molecule has 0 aliphatic heterocycles. The number of benzene rings is 2. The Morgan fingerprint density at radius 2 is 1.89 bits per heavy atom. The third kappa shape index (κ3) is 6.57. The lowest BCUT2D eigenvalue weighted by molar-refractivity contribution is 0.351. The van der Waals surface area contributed by atoms with Crippen LogP contribution in [0, 0.1) is 12.7 Å². The fraction of sp³-hybridized carbons (Fsp3) is 0.350. The topological polar surface area (TPSA) is 54.9 Å². The van der Waals surface area contributed by atoms with Crippen LogP contribution in [-0.4, -0.2) is 26.7 Å². The van der Waals surface area contributed by atoms with Crippen LogP contribution in [0.1, 0.15) is 23.6 Å². The van der Waals surface area contributed by atoms with E-state index < -0.39 is 0 Å². The first-order valence-electron chi connectivity index (χ1n) is 8.56. The smallest absolute Gasteiger partial charge is 0.191 e.